The van der Waals surface area contributed by atoms with Crippen molar-refractivity contribution < 1.29 is 18.4 Å². The summed E-state index contributed by atoms with van der Waals surface area (Å²) in [5, 5.41) is 6.46. The minimum atomic E-state index is -0.396. The summed E-state index contributed by atoms with van der Waals surface area (Å²) >= 11 is 3.16. The Morgan fingerprint density at radius 2 is 2.14 bits per heavy atom. The molecular weight excluding hydrogens is 355 g/mol. The van der Waals surface area contributed by atoms with E-state index in [4.69, 9.17) is 9.26 Å². The van der Waals surface area contributed by atoms with Crippen LogP contribution in [0, 0.1) is 5.82 Å². The molecule has 0 aliphatic carbocycles. The number of carbonyl (C=O) groups is 1. The van der Waals surface area contributed by atoms with Crippen LogP contribution in [0.25, 0.3) is 0 Å². The molecule has 0 saturated heterocycles. The lowest BCUT2D eigenvalue weighted by atomic mass is 9.92. The normalized spacial score (nSPS) is 11.3. The molecule has 22 heavy (non-hydrogen) atoms. The average molecular weight is 371 g/mol. The van der Waals surface area contributed by atoms with Crippen LogP contribution in [-0.2, 0) is 10.2 Å². The fourth-order valence-corrected chi connectivity index (χ4v) is 2.06. The fourth-order valence-electron chi connectivity index (χ4n) is 1.60. The number of anilines is 1. The number of halogens is 2. The van der Waals surface area contributed by atoms with Crippen molar-refractivity contribution >= 4 is 27.7 Å². The van der Waals surface area contributed by atoms with Gasteiger partial charge in [0.15, 0.2) is 6.61 Å². The van der Waals surface area contributed by atoms with E-state index in [2.05, 4.69) is 26.4 Å². The molecule has 0 bridgehead atoms. The van der Waals surface area contributed by atoms with Crippen molar-refractivity contribution in [1.29, 1.82) is 0 Å². The first-order valence-electron chi connectivity index (χ1n) is 6.60. The molecule has 1 amide bonds. The second kappa shape index (κ2) is 6.48. The topological polar surface area (TPSA) is 64.4 Å². The highest BCUT2D eigenvalue weighted by Gasteiger charge is 2.19. The maximum atomic E-state index is 12.9. The molecule has 0 aliphatic heterocycles. The highest BCUT2D eigenvalue weighted by molar-refractivity contribution is 9.10. The van der Waals surface area contributed by atoms with Gasteiger partial charge in [0.05, 0.1) is 10.2 Å². The molecular formula is C15H16BrFN2O3. The van der Waals surface area contributed by atoms with Gasteiger partial charge in [0.1, 0.15) is 11.6 Å². The third kappa shape index (κ3) is 4.30. The second-order valence-corrected chi connectivity index (χ2v) is 6.59. The smallest absolute Gasteiger partial charge is 0.264 e. The lowest BCUT2D eigenvalue weighted by Gasteiger charge is -2.12. The monoisotopic (exact) mass is 370 g/mol. The van der Waals surface area contributed by atoms with Crippen LogP contribution >= 0.6 is 15.9 Å². The predicted octanol–water partition coefficient (Wildman–Crippen LogP) is 3.89. The minimum absolute atomic E-state index is 0.165. The van der Waals surface area contributed by atoms with Crippen molar-refractivity contribution in [3.05, 3.63) is 40.2 Å². The molecule has 0 aliphatic rings. The van der Waals surface area contributed by atoms with Crippen LogP contribution < -0.4 is 10.1 Å². The Morgan fingerprint density at radius 3 is 2.73 bits per heavy atom. The standard InChI is InChI=1S/C15H16BrFN2O3/c1-15(2,3)12-7-14(22-19-12)18-13(20)8-21-11-5-4-9(17)6-10(11)16/h4-7H,8H2,1-3H3,(H,18,20). The summed E-state index contributed by atoms with van der Waals surface area (Å²) < 4.78 is 23.8. The zero-order chi connectivity index (χ0) is 16.3. The van der Waals surface area contributed by atoms with Crippen LogP contribution in [-0.4, -0.2) is 17.7 Å². The Hall–Kier alpha value is -1.89. The van der Waals surface area contributed by atoms with E-state index in [1.807, 2.05) is 20.8 Å². The largest absolute Gasteiger partial charge is 0.483 e. The number of aromatic nitrogens is 1. The minimum Gasteiger partial charge on any atom is -0.483 e. The molecule has 5 nitrogen and oxygen atoms in total. The summed E-state index contributed by atoms with van der Waals surface area (Å²) in [5.41, 5.74) is 0.576. The Bertz CT molecular complexity index is 680. The highest BCUT2D eigenvalue weighted by Crippen LogP contribution is 2.26. The van der Waals surface area contributed by atoms with Crippen molar-refractivity contribution in [2.24, 2.45) is 0 Å². The van der Waals surface area contributed by atoms with E-state index in [0.717, 1.165) is 5.69 Å². The van der Waals surface area contributed by atoms with Crippen LogP contribution in [0.2, 0.25) is 0 Å². The molecule has 2 rings (SSSR count). The third-order valence-corrected chi connectivity index (χ3v) is 3.41. The van der Waals surface area contributed by atoms with E-state index < -0.39 is 5.91 Å². The zero-order valence-electron chi connectivity index (χ0n) is 12.4. The molecule has 0 atom stereocenters. The molecule has 1 aromatic carbocycles. The number of nitrogens with one attached hydrogen (secondary N) is 1. The first kappa shape index (κ1) is 16.5. The SMILES string of the molecule is CC(C)(C)c1cc(NC(=O)COc2ccc(F)cc2Br)on1. The maximum Gasteiger partial charge on any atom is 0.264 e. The molecule has 1 N–H and O–H groups in total. The summed E-state index contributed by atoms with van der Waals surface area (Å²) in [5.74, 6) is -0.144. The van der Waals surface area contributed by atoms with E-state index in [9.17, 15) is 9.18 Å². The molecule has 0 spiro atoms. The van der Waals surface area contributed by atoms with Gasteiger partial charge in [0.2, 0.25) is 5.88 Å². The molecule has 0 saturated carbocycles. The Labute approximate surface area is 136 Å². The van der Waals surface area contributed by atoms with Crippen LogP contribution in [0.5, 0.6) is 5.75 Å². The second-order valence-electron chi connectivity index (χ2n) is 5.74. The first-order valence-corrected chi connectivity index (χ1v) is 7.40. The Kier molecular flexibility index (Phi) is 4.85. The zero-order valence-corrected chi connectivity index (χ0v) is 14.0. The first-order chi connectivity index (χ1) is 10.3. The lowest BCUT2D eigenvalue weighted by Crippen LogP contribution is -2.20. The van der Waals surface area contributed by atoms with Crippen LogP contribution in [0.15, 0.2) is 33.3 Å². The number of hydrogen-bond donors (Lipinski definition) is 1. The number of ether oxygens (including phenoxy) is 1. The molecule has 0 unspecified atom stereocenters. The van der Waals surface area contributed by atoms with E-state index in [1.165, 1.54) is 18.2 Å². The lowest BCUT2D eigenvalue weighted by molar-refractivity contribution is -0.118. The number of rotatable bonds is 4. The van der Waals surface area contributed by atoms with Gasteiger partial charge >= 0.3 is 0 Å². The Morgan fingerprint density at radius 1 is 1.41 bits per heavy atom. The van der Waals surface area contributed by atoms with Gasteiger partial charge in [-0.05, 0) is 34.1 Å². The van der Waals surface area contributed by atoms with Crippen molar-refractivity contribution in [3.63, 3.8) is 0 Å². The summed E-state index contributed by atoms with van der Waals surface area (Å²) in [6, 6.07) is 5.63. The van der Waals surface area contributed by atoms with Crippen LogP contribution in [0.1, 0.15) is 26.5 Å². The molecule has 1 heterocycles. The third-order valence-electron chi connectivity index (χ3n) is 2.79. The van der Waals surface area contributed by atoms with Gasteiger partial charge in [-0.25, -0.2) is 4.39 Å². The highest BCUT2D eigenvalue weighted by atomic mass is 79.9. The molecule has 1 aromatic heterocycles. The summed E-state index contributed by atoms with van der Waals surface area (Å²) in [6.07, 6.45) is 0. The molecule has 118 valence electrons. The van der Waals surface area contributed by atoms with Crippen molar-refractivity contribution in [2.75, 3.05) is 11.9 Å². The fraction of sp³-hybridized carbons (Fsp3) is 0.333. The van der Waals surface area contributed by atoms with Gasteiger partial charge in [-0.3, -0.25) is 10.1 Å². The summed E-state index contributed by atoms with van der Waals surface area (Å²) in [4.78, 5) is 11.8. The van der Waals surface area contributed by atoms with E-state index in [1.54, 1.807) is 6.07 Å². The van der Waals surface area contributed by atoms with E-state index in [-0.39, 0.29) is 23.7 Å². The van der Waals surface area contributed by atoms with Crippen molar-refractivity contribution in [2.45, 2.75) is 26.2 Å². The molecule has 7 heteroatoms. The maximum absolute atomic E-state index is 12.9. The predicted molar refractivity (Wildman–Crippen MR) is 83.4 cm³/mol. The number of carbonyl (C=O) groups excluding carboxylic acids is 1. The Balaban J connectivity index is 1.92. The van der Waals surface area contributed by atoms with Crippen molar-refractivity contribution in [1.82, 2.24) is 5.16 Å². The number of hydrogen-bond acceptors (Lipinski definition) is 4. The number of benzene rings is 1. The van der Waals surface area contributed by atoms with Gasteiger partial charge < -0.3 is 9.26 Å². The van der Waals surface area contributed by atoms with E-state index in [0.29, 0.717) is 10.2 Å². The molecule has 0 radical (unpaired) electrons. The number of amides is 1. The van der Waals surface area contributed by atoms with Gasteiger partial charge in [0.25, 0.3) is 5.91 Å². The van der Waals surface area contributed by atoms with E-state index >= 15 is 0 Å². The summed E-state index contributed by atoms with van der Waals surface area (Å²) in [6.45, 7) is 5.75. The average Bonchev–Trinajstić information content (AvgIpc) is 2.86. The van der Waals surface area contributed by atoms with Crippen molar-refractivity contribution in [3.8, 4) is 5.75 Å². The molecule has 2 aromatic rings. The van der Waals surface area contributed by atoms with Gasteiger partial charge in [0, 0.05) is 11.5 Å². The van der Waals surface area contributed by atoms with Crippen LogP contribution in [0.4, 0.5) is 10.3 Å². The quantitative estimate of drug-likeness (QED) is 0.886. The van der Waals surface area contributed by atoms with Gasteiger partial charge in [-0.2, -0.15) is 0 Å². The molecule has 0 fully saturated rings. The van der Waals surface area contributed by atoms with Gasteiger partial charge in [-0.15, -0.1) is 0 Å². The summed E-state index contributed by atoms with van der Waals surface area (Å²) in [7, 11) is 0. The van der Waals surface area contributed by atoms with Gasteiger partial charge in [-0.1, -0.05) is 25.9 Å². The van der Waals surface area contributed by atoms with Crippen LogP contribution in [0.3, 0.4) is 0 Å². The number of nitrogens with zero attached hydrogens (tertiary/aromatic N) is 1.